The zero-order valence-corrected chi connectivity index (χ0v) is 15.2. The molecule has 1 saturated carbocycles. The zero-order chi connectivity index (χ0) is 16.4. The molecule has 1 aliphatic carbocycles. The van der Waals surface area contributed by atoms with E-state index < -0.39 is 0 Å². The van der Waals surface area contributed by atoms with Crippen LogP contribution in [-0.2, 0) is 9.53 Å². The highest BCUT2D eigenvalue weighted by Crippen LogP contribution is 2.47. The van der Waals surface area contributed by atoms with Crippen molar-refractivity contribution in [3.8, 4) is 0 Å². The average molecular weight is 310 g/mol. The summed E-state index contributed by atoms with van der Waals surface area (Å²) >= 11 is 0. The summed E-state index contributed by atoms with van der Waals surface area (Å²) in [7, 11) is 0. The van der Waals surface area contributed by atoms with Crippen molar-refractivity contribution in [3.63, 3.8) is 0 Å². The minimum atomic E-state index is -0.0871. The van der Waals surface area contributed by atoms with E-state index in [1.165, 1.54) is 19.3 Å². The fourth-order valence-electron chi connectivity index (χ4n) is 4.72. The van der Waals surface area contributed by atoms with Crippen LogP contribution in [0.15, 0.2) is 0 Å². The lowest BCUT2D eigenvalue weighted by Gasteiger charge is -2.50. The Hall–Kier alpha value is -0.610. The summed E-state index contributed by atoms with van der Waals surface area (Å²) in [5, 5.41) is 0. The highest BCUT2D eigenvalue weighted by molar-refractivity contribution is 5.71. The van der Waals surface area contributed by atoms with Crippen LogP contribution in [0, 0.1) is 10.8 Å². The normalized spacial score (nSPS) is 26.8. The van der Waals surface area contributed by atoms with E-state index in [0.29, 0.717) is 30.0 Å². The third-order valence-electron chi connectivity index (χ3n) is 5.11. The summed E-state index contributed by atoms with van der Waals surface area (Å²) in [6.07, 6.45) is 3.92. The molecule has 0 N–H and O–H groups in total. The van der Waals surface area contributed by atoms with Gasteiger partial charge in [-0.3, -0.25) is 14.6 Å². The third-order valence-corrected chi connectivity index (χ3v) is 5.11. The van der Waals surface area contributed by atoms with Crippen LogP contribution in [0.2, 0.25) is 0 Å². The van der Waals surface area contributed by atoms with E-state index in [0.717, 1.165) is 26.2 Å². The number of carbonyl (C=O) groups is 1. The fourth-order valence-corrected chi connectivity index (χ4v) is 4.72. The van der Waals surface area contributed by atoms with Gasteiger partial charge in [0.15, 0.2) is 0 Å². The maximum absolute atomic E-state index is 11.6. The molecule has 0 spiro atoms. The predicted octanol–water partition coefficient (Wildman–Crippen LogP) is 2.77. The Morgan fingerprint density at radius 1 is 1.05 bits per heavy atom. The quantitative estimate of drug-likeness (QED) is 0.748. The molecule has 22 heavy (non-hydrogen) atoms. The number of rotatable bonds is 4. The van der Waals surface area contributed by atoms with Crippen LogP contribution in [0.25, 0.3) is 0 Å². The van der Waals surface area contributed by atoms with Crippen LogP contribution >= 0.6 is 0 Å². The number of nitrogens with zero attached hydrogens (tertiary/aromatic N) is 2. The molecular formula is C18H34N2O2. The molecule has 0 aromatic heterocycles. The molecule has 0 unspecified atom stereocenters. The fraction of sp³-hybridized carbons (Fsp3) is 0.944. The van der Waals surface area contributed by atoms with E-state index in [9.17, 15) is 4.79 Å². The predicted molar refractivity (Wildman–Crippen MR) is 89.8 cm³/mol. The molecular weight excluding hydrogens is 276 g/mol. The molecule has 128 valence electrons. The van der Waals surface area contributed by atoms with Gasteiger partial charge in [-0.15, -0.1) is 0 Å². The largest absolute Gasteiger partial charge is 0.465 e. The van der Waals surface area contributed by atoms with Crippen molar-refractivity contribution in [3.05, 3.63) is 0 Å². The van der Waals surface area contributed by atoms with E-state index in [1.807, 2.05) is 6.92 Å². The Labute approximate surface area is 136 Å². The molecule has 1 saturated heterocycles. The van der Waals surface area contributed by atoms with Crippen LogP contribution < -0.4 is 0 Å². The van der Waals surface area contributed by atoms with Crippen molar-refractivity contribution in [2.45, 2.75) is 59.9 Å². The lowest BCUT2D eigenvalue weighted by Crippen LogP contribution is -2.54. The first-order chi connectivity index (χ1) is 10.2. The van der Waals surface area contributed by atoms with Gasteiger partial charge in [0.2, 0.25) is 0 Å². The summed E-state index contributed by atoms with van der Waals surface area (Å²) in [6.45, 7) is 16.6. The highest BCUT2D eigenvalue weighted by Gasteiger charge is 2.41. The van der Waals surface area contributed by atoms with Gasteiger partial charge in [0.1, 0.15) is 0 Å². The Morgan fingerprint density at radius 3 is 2.09 bits per heavy atom. The molecule has 1 aliphatic heterocycles. The maximum atomic E-state index is 11.6. The second kappa shape index (κ2) is 6.88. The molecule has 4 nitrogen and oxygen atoms in total. The Kier molecular flexibility index (Phi) is 5.54. The van der Waals surface area contributed by atoms with Gasteiger partial charge in [-0.2, -0.15) is 0 Å². The van der Waals surface area contributed by atoms with Crippen LogP contribution in [0.4, 0.5) is 0 Å². The number of esters is 1. The highest BCUT2D eigenvalue weighted by atomic mass is 16.5. The van der Waals surface area contributed by atoms with E-state index in [1.54, 1.807) is 0 Å². The summed E-state index contributed by atoms with van der Waals surface area (Å²) in [4.78, 5) is 16.5. The molecule has 0 atom stereocenters. The molecule has 4 heteroatoms. The van der Waals surface area contributed by atoms with E-state index >= 15 is 0 Å². The van der Waals surface area contributed by atoms with Gasteiger partial charge in [-0.1, -0.05) is 27.7 Å². The molecule has 0 aromatic carbocycles. The summed E-state index contributed by atoms with van der Waals surface area (Å²) < 4.78 is 5.05. The van der Waals surface area contributed by atoms with Crippen molar-refractivity contribution in [2.24, 2.45) is 10.8 Å². The number of ether oxygens (including phenoxy) is 1. The Bertz CT molecular complexity index is 369. The smallest absolute Gasteiger partial charge is 0.320 e. The molecule has 0 amide bonds. The van der Waals surface area contributed by atoms with Crippen molar-refractivity contribution >= 4 is 5.97 Å². The van der Waals surface area contributed by atoms with E-state index in [2.05, 4.69) is 37.5 Å². The van der Waals surface area contributed by atoms with Crippen molar-refractivity contribution in [1.82, 2.24) is 9.80 Å². The summed E-state index contributed by atoms with van der Waals surface area (Å²) in [5.41, 5.74) is 0.878. The Morgan fingerprint density at radius 2 is 1.59 bits per heavy atom. The van der Waals surface area contributed by atoms with Crippen LogP contribution in [0.5, 0.6) is 0 Å². The first-order valence-electron chi connectivity index (χ1n) is 8.83. The lowest BCUT2D eigenvalue weighted by atomic mass is 9.63. The van der Waals surface area contributed by atoms with Gasteiger partial charge in [0.25, 0.3) is 0 Å². The van der Waals surface area contributed by atoms with Gasteiger partial charge in [0.05, 0.1) is 13.2 Å². The van der Waals surface area contributed by atoms with Gasteiger partial charge in [0, 0.05) is 32.2 Å². The molecule has 2 fully saturated rings. The van der Waals surface area contributed by atoms with Gasteiger partial charge >= 0.3 is 5.97 Å². The topological polar surface area (TPSA) is 32.8 Å². The average Bonchev–Trinajstić information content (AvgIpc) is 2.36. The standard InChI is InChI=1S/C18H34N2O2/c1-6-22-16(21)13-19-7-9-20(10-8-19)15-11-17(2,3)14-18(4,5)12-15/h15H,6-14H2,1-5H3. The molecule has 2 aliphatic rings. The SMILES string of the molecule is CCOC(=O)CN1CCN(C2CC(C)(C)CC(C)(C)C2)CC1. The van der Waals surface area contributed by atoms with Gasteiger partial charge in [-0.05, 0) is 37.0 Å². The minimum absolute atomic E-state index is 0.0871. The third kappa shape index (κ3) is 4.95. The van der Waals surface area contributed by atoms with E-state index in [4.69, 9.17) is 4.74 Å². The zero-order valence-electron chi connectivity index (χ0n) is 15.2. The van der Waals surface area contributed by atoms with Crippen LogP contribution in [0.3, 0.4) is 0 Å². The lowest BCUT2D eigenvalue weighted by molar-refractivity contribution is -0.145. The van der Waals surface area contributed by atoms with Crippen molar-refractivity contribution in [1.29, 1.82) is 0 Å². The van der Waals surface area contributed by atoms with Gasteiger partial charge in [-0.25, -0.2) is 0 Å². The minimum Gasteiger partial charge on any atom is -0.465 e. The van der Waals surface area contributed by atoms with Crippen molar-refractivity contribution in [2.75, 3.05) is 39.3 Å². The van der Waals surface area contributed by atoms with Crippen LogP contribution in [0.1, 0.15) is 53.9 Å². The molecule has 0 aromatic rings. The first-order valence-corrected chi connectivity index (χ1v) is 8.83. The molecule has 2 rings (SSSR count). The maximum Gasteiger partial charge on any atom is 0.320 e. The number of hydrogen-bond donors (Lipinski definition) is 0. The second-order valence-corrected chi connectivity index (χ2v) is 8.68. The second-order valence-electron chi connectivity index (χ2n) is 8.68. The summed E-state index contributed by atoms with van der Waals surface area (Å²) in [6, 6.07) is 0.698. The number of carbonyl (C=O) groups excluding carboxylic acids is 1. The molecule has 1 heterocycles. The van der Waals surface area contributed by atoms with Gasteiger partial charge < -0.3 is 4.74 Å². The molecule has 0 bridgehead atoms. The monoisotopic (exact) mass is 310 g/mol. The summed E-state index contributed by atoms with van der Waals surface area (Å²) in [5.74, 6) is -0.0871. The Balaban J connectivity index is 1.85. The number of hydrogen-bond acceptors (Lipinski definition) is 4. The van der Waals surface area contributed by atoms with E-state index in [-0.39, 0.29) is 5.97 Å². The number of piperazine rings is 1. The van der Waals surface area contributed by atoms with Crippen molar-refractivity contribution < 1.29 is 9.53 Å². The molecule has 0 radical (unpaired) electrons. The first kappa shape index (κ1) is 17.7. The van der Waals surface area contributed by atoms with Crippen LogP contribution in [-0.4, -0.2) is 61.1 Å².